The molecule has 4 rings (SSSR count). The van der Waals surface area contributed by atoms with Crippen LogP contribution in [0.4, 0.5) is 0 Å². The Bertz CT molecular complexity index is 947. The molecule has 1 aromatic carbocycles. The molecule has 2 fully saturated rings. The lowest BCUT2D eigenvalue weighted by atomic mass is 9.70. The first-order valence-electron chi connectivity index (χ1n) is 10.6. The maximum atomic E-state index is 9.08. The van der Waals surface area contributed by atoms with Crippen molar-refractivity contribution in [2.24, 2.45) is 0 Å². The highest BCUT2D eigenvalue weighted by molar-refractivity contribution is 7.13. The second-order valence-electron chi connectivity index (χ2n) is 8.06. The van der Waals surface area contributed by atoms with Crippen LogP contribution in [0.25, 0.3) is 0 Å². The van der Waals surface area contributed by atoms with Gasteiger partial charge < -0.3 is 9.47 Å². The minimum atomic E-state index is -0.158. The number of thiophene rings is 1. The van der Waals surface area contributed by atoms with Crippen LogP contribution in [0.2, 0.25) is 0 Å². The number of ether oxygens (including phenoxy) is 2. The Morgan fingerprint density at radius 3 is 2.41 bits per heavy atom. The highest BCUT2D eigenvalue weighted by Crippen LogP contribution is 2.43. The van der Waals surface area contributed by atoms with Crippen molar-refractivity contribution >= 4 is 11.3 Å². The van der Waals surface area contributed by atoms with Gasteiger partial charge in [0, 0.05) is 0 Å². The summed E-state index contributed by atoms with van der Waals surface area (Å²) in [4.78, 5) is 1.67. The first-order valence-corrected chi connectivity index (χ1v) is 11.4. The molecule has 3 nitrogen and oxygen atoms in total. The molecule has 0 radical (unpaired) electrons. The summed E-state index contributed by atoms with van der Waals surface area (Å²) >= 11 is 1.47. The van der Waals surface area contributed by atoms with Crippen LogP contribution in [0.1, 0.15) is 73.1 Å². The van der Waals surface area contributed by atoms with Gasteiger partial charge in [0.05, 0.1) is 23.5 Å². The van der Waals surface area contributed by atoms with E-state index in [1.54, 1.807) is 7.11 Å². The quantitative estimate of drug-likeness (QED) is 0.569. The molecular weight excluding hydrogens is 378 g/mol. The monoisotopic (exact) mass is 405 g/mol. The highest BCUT2D eigenvalue weighted by atomic mass is 32.1. The molecule has 2 aliphatic carbocycles. The van der Waals surface area contributed by atoms with E-state index in [0.717, 1.165) is 42.1 Å². The summed E-state index contributed by atoms with van der Waals surface area (Å²) in [5.74, 6) is 8.65. The molecule has 0 unspecified atom stereocenters. The number of hydrogen-bond acceptors (Lipinski definition) is 4. The third kappa shape index (κ3) is 4.44. The number of nitriles is 1. The van der Waals surface area contributed by atoms with Gasteiger partial charge in [-0.3, -0.25) is 0 Å². The van der Waals surface area contributed by atoms with Gasteiger partial charge >= 0.3 is 0 Å². The van der Waals surface area contributed by atoms with Crippen molar-refractivity contribution < 1.29 is 9.47 Å². The Balaban J connectivity index is 1.68. The average molecular weight is 406 g/mol. The third-order valence-corrected chi connectivity index (χ3v) is 7.07. The Labute approximate surface area is 177 Å². The second kappa shape index (κ2) is 8.93. The first-order chi connectivity index (χ1) is 14.2. The number of hydrogen-bond donors (Lipinski definition) is 0. The van der Waals surface area contributed by atoms with Gasteiger partial charge in [-0.05, 0) is 68.4 Å². The van der Waals surface area contributed by atoms with Crippen molar-refractivity contribution in [3.05, 3.63) is 45.6 Å². The van der Waals surface area contributed by atoms with Crippen molar-refractivity contribution in [2.45, 2.75) is 69.3 Å². The molecule has 2 saturated carbocycles. The number of benzene rings is 1. The summed E-state index contributed by atoms with van der Waals surface area (Å²) in [7, 11) is 1.70. The van der Waals surface area contributed by atoms with Crippen molar-refractivity contribution in [3.8, 4) is 29.4 Å². The number of nitrogens with zero attached hydrogens (tertiary/aromatic N) is 1. The van der Waals surface area contributed by atoms with E-state index in [4.69, 9.17) is 14.7 Å². The fraction of sp³-hybridized carbons (Fsp3) is 0.480. The van der Waals surface area contributed by atoms with Gasteiger partial charge in [-0.1, -0.05) is 37.2 Å². The summed E-state index contributed by atoms with van der Waals surface area (Å²) in [6, 6.07) is 12.4. The van der Waals surface area contributed by atoms with Gasteiger partial charge in [-0.25, -0.2) is 0 Å². The van der Waals surface area contributed by atoms with Crippen LogP contribution >= 0.6 is 11.3 Å². The lowest BCUT2D eigenvalue weighted by Crippen LogP contribution is -2.27. The molecule has 0 atom stereocenters. The Morgan fingerprint density at radius 1 is 0.966 bits per heavy atom. The van der Waals surface area contributed by atoms with Crippen LogP contribution in [0, 0.1) is 23.2 Å². The normalized spacial score (nSPS) is 18.5. The number of rotatable bonds is 4. The largest absolute Gasteiger partial charge is 0.493 e. The highest BCUT2D eigenvalue weighted by Gasteiger charge is 2.33. The maximum absolute atomic E-state index is 9.08. The Hall–Kier alpha value is -2.43. The van der Waals surface area contributed by atoms with E-state index >= 15 is 0 Å². The van der Waals surface area contributed by atoms with E-state index in [2.05, 4.69) is 30.0 Å². The summed E-state index contributed by atoms with van der Waals surface area (Å²) in [5, 5.41) is 9.08. The molecule has 4 heteroatoms. The second-order valence-corrected chi connectivity index (χ2v) is 9.14. The lowest BCUT2D eigenvalue weighted by Gasteiger charge is -2.33. The molecule has 0 bridgehead atoms. The van der Waals surface area contributed by atoms with Crippen LogP contribution in [0.15, 0.2) is 30.3 Å². The molecule has 0 saturated heterocycles. The molecule has 150 valence electrons. The molecule has 2 aliphatic rings. The minimum absolute atomic E-state index is 0.158. The molecular formula is C25H27NO2S. The van der Waals surface area contributed by atoms with E-state index in [9.17, 15) is 0 Å². The summed E-state index contributed by atoms with van der Waals surface area (Å²) in [5.41, 5.74) is 1.07. The smallest absolute Gasteiger partial charge is 0.161 e. The van der Waals surface area contributed by atoms with Gasteiger partial charge in [-0.15, -0.1) is 11.3 Å². The zero-order chi connectivity index (χ0) is 20.1. The summed E-state index contributed by atoms with van der Waals surface area (Å²) in [6.45, 7) is 0. The zero-order valence-electron chi connectivity index (χ0n) is 17.0. The van der Waals surface area contributed by atoms with Crippen LogP contribution in [0.3, 0.4) is 0 Å². The van der Waals surface area contributed by atoms with Crippen molar-refractivity contribution in [2.75, 3.05) is 7.11 Å². The molecule has 1 aromatic heterocycles. The van der Waals surface area contributed by atoms with Crippen LogP contribution in [0.5, 0.6) is 11.5 Å². The minimum Gasteiger partial charge on any atom is -0.493 e. The van der Waals surface area contributed by atoms with Crippen molar-refractivity contribution in [1.82, 2.24) is 0 Å². The predicted octanol–water partition coefficient (Wildman–Crippen LogP) is 6.20. The average Bonchev–Trinajstić information content (AvgIpc) is 3.45. The van der Waals surface area contributed by atoms with E-state index in [0.29, 0.717) is 11.0 Å². The number of methoxy groups -OCH3 is 1. The fourth-order valence-corrected chi connectivity index (χ4v) is 5.20. The molecule has 1 heterocycles. The van der Waals surface area contributed by atoms with Gasteiger partial charge in [0.1, 0.15) is 10.9 Å². The van der Waals surface area contributed by atoms with Crippen molar-refractivity contribution in [1.29, 1.82) is 5.26 Å². The zero-order valence-corrected chi connectivity index (χ0v) is 17.8. The van der Waals surface area contributed by atoms with Crippen LogP contribution < -0.4 is 9.47 Å². The molecule has 0 aliphatic heterocycles. The van der Waals surface area contributed by atoms with Crippen molar-refractivity contribution in [3.63, 3.8) is 0 Å². The van der Waals surface area contributed by atoms with E-state index in [1.165, 1.54) is 49.0 Å². The molecule has 0 N–H and O–H groups in total. The maximum Gasteiger partial charge on any atom is 0.161 e. The van der Waals surface area contributed by atoms with E-state index in [1.807, 2.05) is 18.2 Å². The van der Waals surface area contributed by atoms with E-state index < -0.39 is 0 Å². The molecule has 29 heavy (non-hydrogen) atoms. The van der Waals surface area contributed by atoms with E-state index in [-0.39, 0.29) is 5.41 Å². The van der Waals surface area contributed by atoms with Gasteiger partial charge in [-0.2, -0.15) is 5.26 Å². The van der Waals surface area contributed by atoms with Crippen LogP contribution in [-0.4, -0.2) is 13.2 Å². The van der Waals surface area contributed by atoms with Gasteiger partial charge in [0.25, 0.3) is 0 Å². The first kappa shape index (κ1) is 19.9. The van der Waals surface area contributed by atoms with Gasteiger partial charge in [0.2, 0.25) is 0 Å². The van der Waals surface area contributed by atoms with Crippen LogP contribution in [-0.2, 0) is 5.41 Å². The predicted molar refractivity (Wildman–Crippen MR) is 117 cm³/mol. The summed E-state index contributed by atoms with van der Waals surface area (Å²) < 4.78 is 11.9. The molecule has 2 aromatic rings. The standard InChI is InChI=1S/C25H27NO2S/c1-27-23-12-9-19(17-24(23)28-20-7-3-4-8-20)25(14-5-2-6-15-25)16-13-21-10-11-22(18-26)29-21/h9-12,17,20H,2-8,14-15H2,1H3. The van der Waals surface area contributed by atoms with Gasteiger partial charge in [0.15, 0.2) is 11.5 Å². The lowest BCUT2D eigenvalue weighted by molar-refractivity contribution is 0.200. The third-order valence-electron chi connectivity index (χ3n) is 6.16. The SMILES string of the molecule is COc1ccc(C2(C#Cc3ccc(C#N)s3)CCCCC2)cc1OC1CCCC1. The Morgan fingerprint density at radius 2 is 1.72 bits per heavy atom. The summed E-state index contributed by atoms with van der Waals surface area (Å²) in [6.07, 6.45) is 10.8. The Kier molecular flexibility index (Phi) is 6.12. The fourth-order valence-electron chi connectivity index (χ4n) is 4.54. The molecule has 0 spiro atoms. The molecule has 0 amide bonds. The topological polar surface area (TPSA) is 42.2 Å².